The van der Waals surface area contributed by atoms with Gasteiger partial charge in [-0.1, -0.05) is 61.5 Å². The molecule has 0 bridgehead atoms. The fourth-order valence-corrected chi connectivity index (χ4v) is 6.66. The van der Waals surface area contributed by atoms with E-state index in [0.29, 0.717) is 17.5 Å². The number of hydrogen-bond donors (Lipinski definition) is 2. The maximum Gasteiger partial charge on any atom is 0.416 e. The molecule has 0 spiro atoms. The summed E-state index contributed by atoms with van der Waals surface area (Å²) >= 11 is 0. The van der Waals surface area contributed by atoms with Crippen LogP contribution < -0.4 is 10.0 Å². The van der Waals surface area contributed by atoms with E-state index in [2.05, 4.69) is 40.1 Å². The van der Waals surface area contributed by atoms with Gasteiger partial charge in [0.25, 0.3) is 0 Å². The van der Waals surface area contributed by atoms with Gasteiger partial charge in [0, 0.05) is 13.0 Å². The van der Waals surface area contributed by atoms with Gasteiger partial charge in [0.1, 0.15) is 0 Å². The number of benzene rings is 3. The predicted octanol–water partition coefficient (Wildman–Crippen LogP) is 5.97. The molecule has 1 aliphatic rings. The quantitative estimate of drug-likeness (QED) is 0.306. The summed E-state index contributed by atoms with van der Waals surface area (Å²) in [6, 6.07) is 17.3. The van der Waals surface area contributed by atoms with Gasteiger partial charge in [-0.2, -0.15) is 13.2 Å². The van der Waals surface area contributed by atoms with Gasteiger partial charge in [-0.25, -0.2) is 13.1 Å². The number of nitrogens with zero attached hydrogens (tertiary/aromatic N) is 1. The van der Waals surface area contributed by atoms with E-state index in [1.54, 1.807) is 30.3 Å². The van der Waals surface area contributed by atoms with Crippen LogP contribution in [0.4, 0.5) is 13.2 Å². The van der Waals surface area contributed by atoms with Crippen molar-refractivity contribution in [1.82, 2.24) is 14.9 Å². The molecular formula is C31H36F3N3O3S. The summed E-state index contributed by atoms with van der Waals surface area (Å²) in [7, 11) is -0.284. The molecule has 0 saturated heterocycles. The lowest BCUT2D eigenvalue weighted by Gasteiger charge is -2.29. The third-order valence-electron chi connectivity index (χ3n) is 7.39. The fraction of sp³-hybridized carbons (Fsp3) is 0.387. The first-order valence-corrected chi connectivity index (χ1v) is 15.1. The predicted molar refractivity (Wildman–Crippen MR) is 153 cm³/mol. The maximum absolute atomic E-state index is 13.3. The molecule has 0 saturated carbocycles. The summed E-state index contributed by atoms with van der Waals surface area (Å²) in [5, 5.41) is 3.08. The molecule has 0 aromatic heterocycles. The van der Waals surface area contributed by atoms with Gasteiger partial charge in [-0.05, 0) is 79.7 Å². The molecule has 1 amide bonds. The second kappa shape index (κ2) is 12.8. The maximum atomic E-state index is 13.3. The van der Waals surface area contributed by atoms with Gasteiger partial charge in [0.05, 0.1) is 22.5 Å². The van der Waals surface area contributed by atoms with E-state index in [-0.39, 0.29) is 18.4 Å². The number of nitrogens with one attached hydrogen (secondary N) is 2. The van der Waals surface area contributed by atoms with Gasteiger partial charge in [0.2, 0.25) is 15.9 Å². The van der Waals surface area contributed by atoms with Gasteiger partial charge in [-0.3, -0.25) is 4.79 Å². The van der Waals surface area contributed by atoms with Crippen LogP contribution in [0.1, 0.15) is 72.0 Å². The first-order chi connectivity index (χ1) is 19.3. The Morgan fingerprint density at radius 3 is 2.41 bits per heavy atom. The van der Waals surface area contributed by atoms with E-state index in [9.17, 15) is 26.4 Å². The number of carbonyl (C=O) groups excluding carboxylic acids is 1. The summed E-state index contributed by atoms with van der Waals surface area (Å²) in [5.74, 6) is 0.00949. The van der Waals surface area contributed by atoms with Crippen LogP contribution in [0, 0.1) is 0 Å². The lowest BCUT2D eigenvalue weighted by molar-refractivity contribution is -0.137. The third kappa shape index (κ3) is 7.96. The lowest BCUT2D eigenvalue weighted by atomic mass is 9.84. The number of alkyl halides is 3. The highest BCUT2D eigenvalue weighted by atomic mass is 32.2. The van der Waals surface area contributed by atoms with Crippen LogP contribution in [-0.4, -0.2) is 39.9 Å². The molecule has 6 nitrogen and oxygen atoms in total. The SMILES string of the molecule is C[C@H](CN(C)C)c1ccc2c(c1)CCC[C@H]2NC(=O)C[C@@H](NS(=O)(=O)c1cccc(C(F)(F)F)c1)c1ccccc1. The Morgan fingerprint density at radius 1 is 1.00 bits per heavy atom. The van der Waals surface area contributed by atoms with Gasteiger partial charge >= 0.3 is 6.18 Å². The summed E-state index contributed by atoms with van der Waals surface area (Å²) in [4.78, 5) is 14.9. The van der Waals surface area contributed by atoms with Crippen molar-refractivity contribution in [3.8, 4) is 0 Å². The first-order valence-electron chi connectivity index (χ1n) is 13.6. The molecule has 0 unspecified atom stereocenters. The number of carbonyl (C=O) groups is 1. The Hall–Kier alpha value is -3.21. The Bertz CT molecular complexity index is 1460. The minimum Gasteiger partial charge on any atom is -0.349 e. The molecule has 3 aromatic carbocycles. The zero-order valence-corrected chi connectivity index (χ0v) is 24.2. The van der Waals surface area contributed by atoms with Crippen LogP contribution in [0.3, 0.4) is 0 Å². The first kappa shape index (κ1) is 30.7. The van der Waals surface area contributed by atoms with E-state index < -0.39 is 32.7 Å². The monoisotopic (exact) mass is 587 g/mol. The number of amides is 1. The van der Waals surface area contributed by atoms with Crippen molar-refractivity contribution >= 4 is 15.9 Å². The molecule has 3 atom stereocenters. The highest BCUT2D eigenvalue weighted by molar-refractivity contribution is 7.89. The van der Waals surface area contributed by atoms with Crippen molar-refractivity contribution in [3.63, 3.8) is 0 Å². The summed E-state index contributed by atoms with van der Waals surface area (Å²) in [6.45, 7) is 3.12. The highest BCUT2D eigenvalue weighted by Gasteiger charge is 2.33. The second-order valence-corrected chi connectivity index (χ2v) is 12.7. The van der Waals surface area contributed by atoms with Crippen LogP contribution in [0.2, 0.25) is 0 Å². The number of hydrogen-bond acceptors (Lipinski definition) is 4. The van der Waals surface area contributed by atoms with Crippen molar-refractivity contribution in [2.24, 2.45) is 0 Å². The molecule has 41 heavy (non-hydrogen) atoms. The summed E-state index contributed by atoms with van der Waals surface area (Å²) < 4.78 is 68.5. The average molecular weight is 588 g/mol. The van der Waals surface area contributed by atoms with Crippen LogP contribution in [0.15, 0.2) is 77.7 Å². The van der Waals surface area contributed by atoms with Gasteiger partial charge in [0.15, 0.2) is 0 Å². The van der Waals surface area contributed by atoms with Crippen molar-refractivity contribution in [3.05, 3.63) is 101 Å². The van der Waals surface area contributed by atoms with E-state index in [1.165, 1.54) is 11.1 Å². The van der Waals surface area contributed by atoms with Crippen LogP contribution in [0.5, 0.6) is 0 Å². The molecule has 1 aliphatic carbocycles. The molecule has 0 heterocycles. The molecule has 0 fully saturated rings. The Labute approximate surface area is 240 Å². The van der Waals surface area contributed by atoms with E-state index in [4.69, 9.17) is 0 Å². The number of fused-ring (bicyclic) bond motifs is 1. The average Bonchev–Trinajstić information content (AvgIpc) is 2.92. The Kier molecular flexibility index (Phi) is 9.56. The standard InChI is InChI=1S/C31H36F3N3O3S/c1-21(20-37(2)3)23-15-16-27-24(17-23)11-7-14-28(27)35-30(38)19-29(22-9-5-4-6-10-22)36-41(39,40)26-13-8-12-25(18-26)31(32,33)34/h4-6,8-10,12-13,15-18,21,28-29,36H,7,11,14,19-20H2,1-3H3,(H,35,38)/t21-,28-,29-/m1/s1. The Morgan fingerprint density at radius 2 is 1.73 bits per heavy atom. The molecule has 3 aromatic rings. The van der Waals surface area contributed by atoms with Gasteiger partial charge < -0.3 is 10.2 Å². The molecule has 10 heteroatoms. The number of halogens is 3. The zero-order valence-electron chi connectivity index (χ0n) is 23.4. The van der Waals surface area contributed by atoms with Crippen molar-refractivity contribution in [2.45, 2.75) is 61.7 Å². The van der Waals surface area contributed by atoms with E-state index >= 15 is 0 Å². The van der Waals surface area contributed by atoms with Crippen molar-refractivity contribution in [2.75, 3.05) is 20.6 Å². The second-order valence-electron chi connectivity index (χ2n) is 10.9. The summed E-state index contributed by atoms with van der Waals surface area (Å²) in [5.41, 5.74) is 2.98. The number of aryl methyl sites for hydroxylation is 1. The molecule has 0 radical (unpaired) electrons. The molecule has 220 valence electrons. The summed E-state index contributed by atoms with van der Waals surface area (Å²) in [6.07, 6.45) is -2.31. The fourth-order valence-electron chi connectivity index (χ4n) is 5.39. The number of sulfonamides is 1. The van der Waals surface area contributed by atoms with Crippen molar-refractivity contribution < 1.29 is 26.4 Å². The molecule has 0 aliphatic heterocycles. The topological polar surface area (TPSA) is 78.5 Å². The normalized spacial score (nSPS) is 17.1. The molecular weight excluding hydrogens is 551 g/mol. The Balaban J connectivity index is 1.52. The smallest absolute Gasteiger partial charge is 0.349 e. The van der Waals surface area contributed by atoms with Crippen LogP contribution in [0.25, 0.3) is 0 Å². The minimum absolute atomic E-state index is 0.207. The zero-order chi connectivity index (χ0) is 29.8. The van der Waals surface area contributed by atoms with E-state index in [0.717, 1.165) is 49.6 Å². The number of likely N-dealkylation sites (N-methyl/N-ethyl adjacent to an activating group) is 1. The minimum atomic E-state index is -4.69. The lowest BCUT2D eigenvalue weighted by Crippen LogP contribution is -2.36. The number of rotatable bonds is 10. The van der Waals surface area contributed by atoms with Gasteiger partial charge in [-0.15, -0.1) is 0 Å². The largest absolute Gasteiger partial charge is 0.416 e. The van der Waals surface area contributed by atoms with Crippen LogP contribution in [-0.2, 0) is 27.4 Å². The molecule has 4 rings (SSSR count). The van der Waals surface area contributed by atoms with E-state index in [1.807, 2.05) is 14.1 Å². The third-order valence-corrected chi connectivity index (χ3v) is 8.85. The highest BCUT2D eigenvalue weighted by Crippen LogP contribution is 2.33. The van der Waals surface area contributed by atoms with Crippen molar-refractivity contribution in [1.29, 1.82) is 0 Å². The molecule has 2 N–H and O–H groups in total. The van der Waals surface area contributed by atoms with Crippen LogP contribution >= 0.6 is 0 Å².